The number of para-hydroxylation sites is 1. The summed E-state index contributed by atoms with van der Waals surface area (Å²) in [6.07, 6.45) is 0.418. The van der Waals surface area contributed by atoms with E-state index in [4.69, 9.17) is 32.5 Å². The number of carbonyl (C=O) groups excluding carboxylic acids is 1. The fourth-order valence-corrected chi connectivity index (χ4v) is 2.76. The van der Waals surface area contributed by atoms with E-state index in [1.165, 1.54) is 0 Å². The molecule has 0 saturated heterocycles. The number of rotatable bonds is 6. The van der Waals surface area contributed by atoms with Gasteiger partial charge in [-0.1, -0.05) is 46.6 Å². The molecular weight excluding hydrogens is 377 g/mol. The molecule has 1 N–H and O–H groups in total. The number of hydrogen-bond donors (Lipinski definition) is 1. The van der Waals surface area contributed by atoms with Crippen LogP contribution >= 0.6 is 23.2 Å². The van der Waals surface area contributed by atoms with E-state index in [1.54, 1.807) is 31.2 Å². The predicted octanol–water partition coefficient (Wildman–Crippen LogP) is 4.29. The number of halogens is 2. The van der Waals surface area contributed by atoms with Crippen molar-refractivity contribution in [3.05, 3.63) is 69.8 Å². The Morgan fingerprint density at radius 2 is 2.04 bits per heavy atom. The van der Waals surface area contributed by atoms with E-state index in [1.807, 2.05) is 18.2 Å². The highest BCUT2D eigenvalue weighted by Gasteiger charge is 2.12. The van der Waals surface area contributed by atoms with Gasteiger partial charge in [0.05, 0.1) is 11.4 Å². The zero-order valence-electron chi connectivity index (χ0n) is 13.8. The lowest BCUT2D eigenvalue weighted by Crippen LogP contribution is -2.21. The van der Waals surface area contributed by atoms with Gasteiger partial charge in [0.1, 0.15) is 5.75 Å². The second-order valence-corrected chi connectivity index (χ2v) is 6.32. The summed E-state index contributed by atoms with van der Waals surface area (Å²) in [5.41, 5.74) is 1.51. The van der Waals surface area contributed by atoms with E-state index in [-0.39, 0.29) is 12.5 Å². The molecule has 0 radical (unpaired) electrons. The van der Waals surface area contributed by atoms with Crippen LogP contribution in [0.5, 0.6) is 5.75 Å². The molecule has 3 rings (SSSR count). The van der Waals surface area contributed by atoms with Crippen molar-refractivity contribution >= 4 is 34.8 Å². The van der Waals surface area contributed by atoms with Gasteiger partial charge >= 0.3 is 0 Å². The van der Waals surface area contributed by atoms with Crippen LogP contribution in [0.1, 0.15) is 17.3 Å². The molecule has 3 aromatic rings. The molecule has 1 heterocycles. The third-order valence-electron chi connectivity index (χ3n) is 3.46. The van der Waals surface area contributed by atoms with Crippen molar-refractivity contribution in [2.24, 2.45) is 0 Å². The Morgan fingerprint density at radius 3 is 2.77 bits per heavy atom. The molecule has 8 heteroatoms. The fourth-order valence-electron chi connectivity index (χ4n) is 2.29. The number of aryl methyl sites for hydroxylation is 1. The van der Waals surface area contributed by atoms with Crippen molar-refractivity contribution in [3.63, 3.8) is 0 Å². The number of anilines is 1. The molecule has 0 aliphatic carbocycles. The molecule has 134 valence electrons. The number of carbonyl (C=O) groups is 1. The predicted molar refractivity (Wildman–Crippen MR) is 98.9 cm³/mol. The van der Waals surface area contributed by atoms with E-state index in [0.29, 0.717) is 39.6 Å². The third kappa shape index (κ3) is 4.74. The SMILES string of the molecule is Cc1noc(Cc2ccccc2NC(=O)COc2ccc(Cl)cc2Cl)n1. The molecule has 0 fully saturated rings. The quantitative estimate of drug-likeness (QED) is 0.677. The van der Waals surface area contributed by atoms with E-state index in [9.17, 15) is 4.79 Å². The monoisotopic (exact) mass is 391 g/mol. The molecule has 0 unspecified atom stereocenters. The standard InChI is InChI=1S/C18H15Cl2N3O3/c1-11-21-18(26-23-11)8-12-4-2-3-5-15(12)22-17(24)10-25-16-7-6-13(19)9-14(16)20/h2-7,9H,8,10H2,1H3,(H,22,24). The zero-order chi connectivity index (χ0) is 18.5. The van der Waals surface area contributed by atoms with Crippen molar-refractivity contribution < 1.29 is 14.1 Å². The number of aromatic nitrogens is 2. The molecular formula is C18H15Cl2N3O3. The maximum atomic E-state index is 12.2. The van der Waals surface area contributed by atoms with Gasteiger partial charge in [0.2, 0.25) is 5.89 Å². The molecule has 1 amide bonds. The van der Waals surface area contributed by atoms with Crippen molar-refractivity contribution in [2.45, 2.75) is 13.3 Å². The molecule has 0 saturated carbocycles. The van der Waals surface area contributed by atoms with Gasteiger partial charge in [-0.05, 0) is 36.8 Å². The Balaban J connectivity index is 1.64. The lowest BCUT2D eigenvalue weighted by Gasteiger charge is -2.11. The minimum absolute atomic E-state index is 0.185. The minimum Gasteiger partial charge on any atom is -0.482 e. The van der Waals surface area contributed by atoms with Crippen molar-refractivity contribution in [2.75, 3.05) is 11.9 Å². The second kappa shape index (κ2) is 8.21. The third-order valence-corrected chi connectivity index (χ3v) is 3.99. The largest absolute Gasteiger partial charge is 0.482 e. The van der Waals surface area contributed by atoms with Crippen LogP contribution in [0.2, 0.25) is 10.0 Å². The molecule has 0 aliphatic rings. The van der Waals surface area contributed by atoms with Gasteiger partial charge in [-0.2, -0.15) is 4.98 Å². The van der Waals surface area contributed by atoms with Crippen LogP contribution in [-0.4, -0.2) is 22.7 Å². The number of benzene rings is 2. The Kier molecular flexibility index (Phi) is 5.75. The van der Waals surface area contributed by atoms with Crippen molar-refractivity contribution in [1.29, 1.82) is 0 Å². The minimum atomic E-state index is -0.315. The number of amides is 1. The van der Waals surface area contributed by atoms with Gasteiger partial charge in [-0.25, -0.2) is 0 Å². The first-order chi connectivity index (χ1) is 12.5. The molecule has 0 spiro atoms. The smallest absolute Gasteiger partial charge is 0.262 e. The molecule has 26 heavy (non-hydrogen) atoms. The van der Waals surface area contributed by atoms with Gasteiger partial charge in [0, 0.05) is 10.7 Å². The Hall–Kier alpha value is -2.57. The van der Waals surface area contributed by atoms with E-state index < -0.39 is 0 Å². The highest BCUT2D eigenvalue weighted by atomic mass is 35.5. The summed E-state index contributed by atoms with van der Waals surface area (Å²) in [6, 6.07) is 12.2. The lowest BCUT2D eigenvalue weighted by molar-refractivity contribution is -0.118. The fraction of sp³-hybridized carbons (Fsp3) is 0.167. The number of nitrogens with one attached hydrogen (secondary N) is 1. The topological polar surface area (TPSA) is 77.2 Å². The normalized spacial score (nSPS) is 10.6. The van der Waals surface area contributed by atoms with Crippen molar-refractivity contribution in [3.8, 4) is 5.75 Å². The molecule has 6 nitrogen and oxygen atoms in total. The van der Waals surface area contributed by atoms with Crippen LogP contribution in [-0.2, 0) is 11.2 Å². The van der Waals surface area contributed by atoms with E-state index in [0.717, 1.165) is 5.56 Å². The molecule has 0 aliphatic heterocycles. The van der Waals surface area contributed by atoms with Gasteiger partial charge in [0.25, 0.3) is 5.91 Å². The highest BCUT2D eigenvalue weighted by molar-refractivity contribution is 6.35. The van der Waals surface area contributed by atoms with Gasteiger partial charge < -0.3 is 14.6 Å². The molecule has 0 atom stereocenters. The first-order valence-electron chi connectivity index (χ1n) is 7.76. The van der Waals surface area contributed by atoms with Crippen LogP contribution < -0.4 is 10.1 Å². The summed E-state index contributed by atoms with van der Waals surface area (Å²) in [5, 5.41) is 7.42. The van der Waals surface area contributed by atoms with Crippen LogP contribution in [0.15, 0.2) is 47.0 Å². The summed E-state index contributed by atoms with van der Waals surface area (Å²) in [5.74, 6) is 1.12. The Morgan fingerprint density at radius 1 is 1.23 bits per heavy atom. The zero-order valence-corrected chi connectivity index (χ0v) is 15.3. The molecule has 1 aromatic heterocycles. The first kappa shape index (κ1) is 18.2. The van der Waals surface area contributed by atoms with Crippen molar-refractivity contribution in [1.82, 2.24) is 10.1 Å². The summed E-state index contributed by atoms with van der Waals surface area (Å²) < 4.78 is 10.6. The number of ether oxygens (including phenoxy) is 1. The van der Waals surface area contributed by atoms with Crippen LogP contribution in [0.25, 0.3) is 0 Å². The molecule has 2 aromatic carbocycles. The van der Waals surface area contributed by atoms with Crippen LogP contribution in [0.3, 0.4) is 0 Å². The number of nitrogens with zero attached hydrogens (tertiary/aromatic N) is 2. The Labute approximate surface area is 160 Å². The Bertz CT molecular complexity index is 928. The van der Waals surface area contributed by atoms with Gasteiger partial charge in [-0.15, -0.1) is 0 Å². The summed E-state index contributed by atoms with van der Waals surface area (Å²) >= 11 is 11.9. The van der Waals surface area contributed by atoms with Gasteiger partial charge in [0.15, 0.2) is 12.4 Å². The van der Waals surface area contributed by atoms with Crippen LogP contribution in [0, 0.1) is 6.92 Å². The lowest BCUT2D eigenvalue weighted by atomic mass is 10.1. The molecule has 0 bridgehead atoms. The first-order valence-corrected chi connectivity index (χ1v) is 8.51. The summed E-state index contributed by atoms with van der Waals surface area (Å²) in [4.78, 5) is 16.4. The summed E-state index contributed by atoms with van der Waals surface area (Å²) in [6.45, 7) is 1.56. The summed E-state index contributed by atoms with van der Waals surface area (Å²) in [7, 11) is 0. The number of hydrogen-bond acceptors (Lipinski definition) is 5. The van der Waals surface area contributed by atoms with E-state index >= 15 is 0 Å². The maximum absolute atomic E-state index is 12.2. The van der Waals surface area contributed by atoms with Crippen LogP contribution in [0.4, 0.5) is 5.69 Å². The highest BCUT2D eigenvalue weighted by Crippen LogP contribution is 2.27. The maximum Gasteiger partial charge on any atom is 0.262 e. The van der Waals surface area contributed by atoms with E-state index in [2.05, 4.69) is 15.5 Å². The average Bonchev–Trinajstić information content (AvgIpc) is 3.01. The van der Waals surface area contributed by atoms with Gasteiger partial charge in [-0.3, -0.25) is 4.79 Å². The second-order valence-electron chi connectivity index (χ2n) is 5.48. The average molecular weight is 392 g/mol.